The fourth-order valence-electron chi connectivity index (χ4n) is 6.41. The highest BCUT2D eigenvalue weighted by molar-refractivity contribution is 6.23. The van der Waals surface area contributed by atoms with Gasteiger partial charge >= 0.3 is 0 Å². The summed E-state index contributed by atoms with van der Waals surface area (Å²) < 4.78 is 0. The lowest BCUT2D eigenvalue weighted by Gasteiger charge is -2.19. The maximum Gasteiger partial charge on any atom is -0.00261 e. The molecule has 196 valence electrons. The van der Waals surface area contributed by atoms with Crippen LogP contribution in [0.1, 0.15) is 0 Å². The van der Waals surface area contributed by atoms with E-state index < -0.39 is 0 Å². The van der Waals surface area contributed by atoms with Gasteiger partial charge in [0.25, 0.3) is 0 Å². The molecule has 0 aliphatic heterocycles. The fourth-order valence-corrected chi connectivity index (χ4v) is 6.41. The number of hydrogen-bond donors (Lipinski definition) is 0. The van der Waals surface area contributed by atoms with Crippen molar-refractivity contribution in [2.24, 2.45) is 0 Å². The standard InChI is InChI=1S/C42H28/c1-3-11-29(12-4-1)31-19-23-33(24-20-31)41-37-17-9-10-18-38(37)42(40-28-36-16-8-7-15-35(36)27-39(40)41)34-25-21-32(22-26-34)30-13-5-2-6-14-30/h1-28H. The third kappa shape index (κ3) is 4.17. The summed E-state index contributed by atoms with van der Waals surface area (Å²) in [6, 6.07) is 61.7. The SMILES string of the molecule is c1ccc(-c2ccc(-c3c4ccccc4c(-c4ccc(-c5ccccc5)cc4)c4cc5ccccc5cc34)cc2)cc1. The van der Waals surface area contributed by atoms with Crippen molar-refractivity contribution in [2.75, 3.05) is 0 Å². The molecule has 0 fully saturated rings. The molecule has 0 unspecified atom stereocenters. The van der Waals surface area contributed by atoms with E-state index in [1.54, 1.807) is 0 Å². The molecule has 0 heterocycles. The Hall–Kier alpha value is -5.46. The maximum absolute atomic E-state index is 2.39. The van der Waals surface area contributed by atoms with Crippen LogP contribution in [0, 0.1) is 0 Å². The second kappa shape index (κ2) is 10.2. The van der Waals surface area contributed by atoms with Crippen molar-refractivity contribution in [1.82, 2.24) is 0 Å². The molecule has 42 heavy (non-hydrogen) atoms. The Balaban J connectivity index is 1.40. The molecule has 0 atom stereocenters. The van der Waals surface area contributed by atoms with Crippen LogP contribution >= 0.6 is 0 Å². The first-order valence-electron chi connectivity index (χ1n) is 14.5. The number of rotatable bonds is 4. The van der Waals surface area contributed by atoms with E-state index in [4.69, 9.17) is 0 Å². The summed E-state index contributed by atoms with van der Waals surface area (Å²) in [6.07, 6.45) is 0. The Morgan fingerprint density at radius 3 is 0.929 bits per heavy atom. The molecule has 0 heteroatoms. The van der Waals surface area contributed by atoms with Crippen LogP contribution in [0.5, 0.6) is 0 Å². The zero-order valence-corrected chi connectivity index (χ0v) is 23.2. The molecule has 8 aromatic carbocycles. The van der Waals surface area contributed by atoms with E-state index in [0.29, 0.717) is 0 Å². The van der Waals surface area contributed by atoms with Crippen molar-refractivity contribution in [3.63, 3.8) is 0 Å². The summed E-state index contributed by atoms with van der Waals surface area (Å²) in [5.41, 5.74) is 9.97. The van der Waals surface area contributed by atoms with Crippen LogP contribution in [-0.2, 0) is 0 Å². The minimum Gasteiger partial charge on any atom is -0.0622 e. The van der Waals surface area contributed by atoms with Gasteiger partial charge < -0.3 is 0 Å². The largest absolute Gasteiger partial charge is 0.0622 e. The van der Waals surface area contributed by atoms with Crippen molar-refractivity contribution >= 4 is 32.3 Å². The van der Waals surface area contributed by atoms with Gasteiger partial charge in [0.05, 0.1) is 0 Å². The van der Waals surface area contributed by atoms with Gasteiger partial charge in [0.1, 0.15) is 0 Å². The maximum atomic E-state index is 2.39. The van der Waals surface area contributed by atoms with Gasteiger partial charge in [-0.1, -0.05) is 158 Å². The van der Waals surface area contributed by atoms with Gasteiger partial charge in [-0.25, -0.2) is 0 Å². The second-order valence-corrected chi connectivity index (χ2v) is 10.9. The van der Waals surface area contributed by atoms with Crippen LogP contribution in [0.4, 0.5) is 0 Å². The molecular weight excluding hydrogens is 504 g/mol. The first-order chi connectivity index (χ1) is 20.8. The summed E-state index contributed by atoms with van der Waals surface area (Å²) in [5.74, 6) is 0. The molecule has 8 aromatic rings. The zero-order chi connectivity index (χ0) is 27.9. The van der Waals surface area contributed by atoms with Gasteiger partial charge in [-0.3, -0.25) is 0 Å². The molecule has 0 nitrogen and oxygen atoms in total. The lowest BCUT2D eigenvalue weighted by atomic mass is 9.84. The molecule has 0 saturated carbocycles. The Morgan fingerprint density at radius 2 is 0.524 bits per heavy atom. The minimum atomic E-state index is 1.23. The van der Waals surface area contributed by atoms with Crippen LogP contribution in [0.2, 0.25) is 0 Å². The Bertz CT molecular complexity index is 2030. The average molecular weight is 533 g/mol. The Morgan fingerprint density at radius 1 is 0.214 bits per heavy atom. The molecule has 0 spiro atoms. The van der Waals surface area contributed by atoms with Gasteiger partial charge in [0.15, 0.2) is 0 Å². The smallest absolute Gasteiger partial charge is 0.00261 e. The van der Waals surface area contributed by atoms with Crippen molar-refractivity contribution < 1.29 is 0 Å². The van der Waals surface area contributed by atoms with Gasteiger partial charge in [-0.2, -0.15) is 0 Å². The zero-order valence-electron chi connectivity index (χ0n) is 23.2. The first kappa shape index (κ1) is 24.3. The third-order valence-electron chi connectivity index (χ3n) is 8.45. The summed E-state index contributed by atoms with van der Waals surface area (Å²) in [4.78, 5) is 0. The highest BCUT2D eigenvalue weighted by atomic mass is 14.2. The number of fused-ring (bicyclic) bond motifs is 3. The molecule has 0 N–H and O–H groups in total. The van der Waals surface area contributed by atoms with Gasteiger partial charge in [0, 0.05) is 0 Å². The van der Waals surface area contributed by atoms with E-state index >= 15 is 0 Å². The molecule has 0 aliphatic carbocycles. The van der Waals surface area contributed by atoms with E-state index in [0.717, 1.165) is 0 Å². The topological polar surface area (TPSA) is 0 Å². The van der Waals surface area contributed by atoms with Gasteiger partial charge in [0.2, 0.25) is 0 Å². The van der Waals surface area contributed by atoms with Crippen molar-refractivity contribution in [2.45, 2.75) is 0 Å². The molecule has 0 bridgehead atoms. The van der Waals surface area contributed by atoms with Gasteiger partial charge in [-0.05, 0) is 89.0 Å². The van der Waals surface area contributed by atoms with Crippen LogP contribution in [0.25, 0.3) is 76.8 Å². The van der Waals surface area contributed by atoms with Crippen LogP contribution in [-0.4, -0.2) is 0 Å². The fraction of sp³-hybridized carbons (Fsp3) is 0. The molecule has 0 radical (unpaired) electrons. The quantitative estimate of drug-likeness (QED) is 0.198. The Kier molecular flexibility index (Phi) is 5.90. The second-order valence-electron chi connectivity index (χ2n) is 10.9. The third-order valence-corrected chi connectivity index (χ3v) is 8.45. The van der Waals surface area contributed by atoms with E-state index in [-0.39, 0.29) is 0 Å². The molecular formula is C42H28. The van der Waals surface area contributed by atoms with Crippen LogP contribution < -0.4 is 0 Å². The van der Waals surface area contributed by atoms with E-state index in [9.17, 15) is 0 Å². The summed E-state index contributed by atoms with van der Waals surface area (Å²) >= 11 is 0. The first-order valence-corrected chi connectivity index (χ1v) is 14.5. The summed E-state index contributed by atoms with van der Waals surface area (Å²) in [6.45, 7) is 0. The lowest BCUT2D eigenvalue weighted by molar-refractivity contribution is 1.60. The van der Waals surface area contributed by atoms with E-state index in [1.807, 2.05) is 0 Å². The van der Waals surface area contributed by atoms with Crippen LogP contribution in [0.3, 0.4) is 0 Å². The van der Waals surface area contributed by atoms with Crippen LogP contribution in [0.15, 0.2) is 170 Å². The highest BCUT2D eigenvalue weighted by Gasteiger charge is 2.17. The summed E-state index contributed by atoms with van der Waals surface area (Å²) in [7, 11) is 0. The van der Waals surface area contributed by atoms with E-state index in [1.165, 1.54) is 76.8 Å². The number of hydrogen-bond acceptors (Lipinski definition) is 0. The van der Waals surface area contributed by atoms with Crippen molar-refractivity contribution in [1.29, 1.82) is 0 Å². The average Bonchev–Trinajstić information content (AvgIpc) is 3.07. The lowest BCUT2D eigenvalue weighted by Crippen LogP contribution is -1.92. The minimum absolute atomic E-state index is 1.23. The normalized spacial score (nSPS) is 11.3. The molecule has 8 rings (SSSR count). The predicted molar refractivity (Wildman–Crippen MR) is 181 cm³/mol. The number of benzene rings is 8. The highest BCUT2D eigenvalue weighted by Crippen LogP contribution is 2.45. The molecule has 0 aromatic heterocycles. The monoisotopic (exact) mass is 532 g/mol. The predicted octanol–water partition coefficient (Wildman–Crippen LogP) is 11.8. The van der Waals surface area contributed by atoms with Crippen molar-refractivity contribution in [3.8, 4) is 44.5 Å². The molecule has 0 aliphatic rings. The summed E-state index contributed by atoms with van der Waals surface area (Å²) in [5, 5.41) is 7.62. The Labute approximate surface area is 246 Å². The van der Waals surface area contributed by atoms with Gasteiger partial charge in [-0.15, -0.1) is 0 Å². The molecule has 0 saturated heterocycles. The van der Waals surface area contributed by atoms with Crippen molar-refractivity contribution in [3.05, 3.63) is 170 Å². The molecule has 0 amide bonds. The van der Waals surface area contributed by atoms with E-state index in [2.05, 4.69) is 170 Å².